The Labute approximate surface area is 88.1 Å². The molecule has 0 bridgehead atoms. The number of hydrogen-bond acceptors (Lipinski definition) is 3. The Morgan fingerprint density at radius 1 is 1.17 bits per heavy atom. The van der Waals surface area contributed by atoms with Gasteiger partial charge >= 0.3 is 0 Å². The topological polar surface area (TPSA) is 44.5 Å². The van der Waals surface area contributed by atoms with Crippen molar-refractivity contribution < 1.29 is 9.47 Å². The average molecular weight is 287 g/mol. The summed E-state index contributed by atoms with van der Waals surface area (Å²) in [6, 6.07) is 0. The molecule has 74 valence electrons. The lowest BCUT2D eigenvalue weighted by molar-refractivity contribution is 0.0502. The highest BCUT2D eigenvalue weighted by Gasteiger charge is 1.94. The maximum Gasteiger partial charge on any atom is 0.0701 e. The summed E-state index contributed by atoms with van der Waals surface area (Å²) < 4.78 is 11.1. The summed E-state index contributed by atoms with van der Waals surface area (Å²) in [5.41, 5.74) is 5.24. The average Bonchev–Trinajstić information content (AvgIpc) is 2.02. The number of halogens is 1. The summed E-state index contributed by atoms with van der Waals surface area (Å²) in [6.45, 7) is 5.57. The zero-order valence-corrected chi connectivity index (χ0v) is 9.75. The van der Waals surface area contributed by atoms with Gasteiger partial charge in [0.05, 0.1) is 19.8 Å². The molecular formula is C8H18INO2. The van der Waals surface area contributed by atoms with Crippen molar-refractivity contribution in [2.45, 2.75) is 17.3 Å². The Hall–Kier alpha value is 0.610. The van der Waals surface area contributed by atoms with Crippen LogP contribution in [-0.2, 0) is 9.47 Å². The van der Waals surface area contributed by atoms with Crippen LogP contribution in [0, 0.1) is 0 Å². The Balaban J connectivity index is 2.82. The van der Waals surface area contributed by atoms with Crippen LogP contribution in [0.4, 0.5) is 0 Å². The lowest BCUT2D eigenvalue weighted by atomic mass is 10.4. The third kappa shape index (κ3) is 10.6. The first-order chi connectivity index (χ1) is 5.77. The van der Waals surface area contributed by atoms with Gasteiger partial charge in [-0.3, -0.25) is 0 Å². The molecule has 0 aromatic heterocycles. The van der Waals surface area contributed by atoms with Crippen molar-refractivity contribution in [1.82, 2.24) is 0 Å². The first kappa shape index (κ1) is 12.6. The minimum Gasteiger partial charge on any atom is -0.379 e. The molecule has 12 heavy (non-hydrogen) atoms. The third-order valence-electron chi connectivity index (χ3n) is 1.29. The van der Waals surface area contributed by atoms with Crippen LogP contribution in [0.25, 0.3) is 0 Å². The van der Waals surface area contributed by atoms with Crippen LogP contribution in [0.2, 0.25) is 0 Å². The fraction of sp³-hybridized carbons (Fsp3) is 1.00. The fourth-order valence-corrected chi connectivity index (χ4v) is 0.905. The predicted octanol–water partition coefficient (Wildman–Crippen LogP) is 1.19. The number of nitrogens with two attached hydrogens (primary N) is 1. The summed E-state index contributed by atoms with van der Waals surface area (Å²) in [7, 11) is 0. The van der Waals surface area contributed by atoms with E-state index in [0.29, 0.717) is 30.3 Å². The van der Waals surface area contributed by atoms with Crippen molar-refractivity contribution in [2.75, 3.05) is 33.0 Å². The molecule has 0 radical (unpaired) electrons. The SMILES string of the molecule is CC(I)CCOCCOCCN. The molecule has 0 saturated heterocycles. The van der Waals surface area contributed by atoms with Crippen LogP contribution in [0.15, 0.2) is 0 Å². The molecule has 0 aromatic carbocycles. The summed E-state index contributed by atoms with van der Waals surface area (Å²) in [5.74, 6) is 0. The zero-order valence-electron chi connectivity index (χ0n) is 7.59. The molecule has 0 aliphatic carbocycles. The van der Waals surface area contributed by atoms with Crippen LogP contribution in [-0.4, -0.2) is 36.9 Å². The molecule has 0 aromatic rings. The monoisotopic (exact) mass is 287 g/mol. The lowest BCUT2D eigenvalue weighted by Gasteiger charge is -2.05. The molecule has 1 atom stereocenters. The highest BCUT2D eigenvalue weighted by Crippen LogP contribution is 2.03. The van der Waals surface area contributed by atoms with Gasteiger partial charge in [0.2, 0.25) is 0 Å². The van der Waals surface area contributed by atoms with Crippen LogP contribution in [0.5, 0.6) is 0 Å². The number of alkyl halides is 1. The normalized spacial score (nSPS) is 13.2. The third-order valence-corrected chi connectivity index (χ3v) is 1.92. The smallest absolute Gasteiger partial charge is 0.0701 e. The van der Waals surface area contributed by atoms with E-state index in [1.807, 2.05) is 0 Å². The van der Waals surface area contributed by atoms with Crippen molar-refractivity contribution in [1.29, 1.82) is 0 Å². The Bertz CT molecular complexity index is 91.1. The Morgan fingerprint density at radius 3 is 2.25 bits per heavy atom. The van der Waals surface area contributed by atoms with Gasteiger partial charge in [-0.15, -0.1) is 0 Å². The highest BCUT2D eigenvalue weighted by atomic mass is 127. The summed E-state index contributed by atoms with van der Waals surface area (Å²) in [6.07, 6.45) is 1.11. The molecule has 0 saturated carbocycles. The Kier molecular flexibility index (Phi) is 10.2. The molecule has 0 spiro atoms. The highest BCUT2D eigenvalue weighted by molar-refractivity contribution is 14.1. The van der Waals surface area contributed by atoms with Crippen molar-refractivity contribution in [3.05, 3.63) is 0 Å². The van der Waals surface area contributed by atoms with Gasteiger partial charge in [0.1, 0.15) is 0 Å². The molecule has 0 aliphatic heterocycles. The maximum atomic E-state index is 5.32. The Morgan fingerprint density at radius 2 is 1.75 bits per heavy atom. The van der Waals surface area contributed by atoms with Gasteiger partial charge in [0.15, 0.2) is 0 Å². The van der Waals surface area contributed by atoms with E-state index >= 15 is 0 Å². The summed E-state index contributed by atoms with van der Waals surface area (Å²) in [5, 5.41) is 0. The van der Waals surface area contributed by atoms with Crippen molar-refractivity contribution in [3.8, 4) is 0 Å². The second-order valence-electron chi connectivity index (χ2n) is 2.58. The predicted molar refractivity (Wildman–Crippen MR) is 58.8 cm³/mol. The van der Waals surface area contributed by atoms with Crippen LogP contribution >= 0.6 is 22.6 Å². The second kappa shape index (κ2) is 9.70. The van der Waals surface area contributed by atoms with E-state index in [-0.39, 0.29) is 0 Å². The lowest BCUT2D eigenvalue weighted by Crippen LogP contribution is -2.12. The summed E-state index contributed by atoms with van der Waals surface area (Å²) >= 11 is 2.39. The van der Waals surface area contributed by atoms with Gasteiger partial charge in [-0.2, -0.15) is 0 Å². The first-order valence-corrected chi connectivity index (χ1v) is 5.51. The first-order valence-electron chi connectivity index (χ1n) is 4.27. The van der Waals surface area contributed by atoms with E-state index in [0.717, 1.165) is 13.0 Å². The molecule has 0 fully saturated rings. The number of hydrogen-bond donors (Lipinski definition) is 1. The number of ether oxygens (including phenoxy) is 2. The number of rotatable bonds is 8. The van der Waals surface area contributed by atoms with Crippen molar-refractivity contribution in [3.63, 3.8) is 0 Å². The van der Waals surface area contributed by atoms with Crippen LogP contribution in [0.1, 0.15) is 13.3 Å². The largest absolute Gasteiger partial charge is 0.379 e. The molecule has 4 heteroatoms. The van der Waals surface area contributed by atoms with Gasteiger partial charge in [-0.25, -0.2) is 0 Å². The van der Waals surface area contributed by atoms with E-state index < -0.39 is 0 Å². The molecule has 0 rings (SSSR count). The van der Waals surface area contributed by atoms with E-state index in [4.69, 9.17) is 15.2 Å². The van der Waals surface area contributed by atoms with Crippen molar-refractivity contribution in [2.24, 2.45) is 5.73 Å². The van der Waals surface area contributed by atoms with Gasteiger partial charge in [-0.1, -0.05) is 29.5 Å². The minimum atomic E-state index is 0.588. The standard InChI is InChI=1S/C8H18INO2/c1-8(9)2-4-11-6-7-12-5-3-10/h8H,2-7,10H2,1H3. The van der Waals surface area contributed by atoms with Crippen molar-refractivity contribution >= 4 is 22.6 Å². The van der Waals surface area contributed by atoms with Gasteiger partial charge < -0.3 is 15.2 Å². The molecule has 0 amide bonds. The zero-order chi connectivity index (χ0) is 9.23. The van der Waals surface area contributed by atoms with E-state index in [2.05, 4.69) is 29.5 Å². The van der Waals surface area contributed by atoms with Crippen LogP contribution in [0.3, 0.4) is 0 Å². The van der Waals surface area contributed by atoms with Gasteiger partial charge in [0, 0.05) is 17.1 Å². The van der Waals surface area contributed by atoms with Crippen LogP contribution < -0.4 is 5.73 Å². The molecule has 2 N–H and O–H groups in total. The van der Waals surface area contributed by atoms with E-state index in [9.17, 15) is 0 Å². The quantitative estimate of drug-likeness (QED) is 0.414. The molecule has 3 nitrogen and oxygen atoms in total. The molecule has 0 heterocycles. The van der Waals surface area contributed by atoms with Gasteiger partial charge in [0.25, 0.3) is 0 Å². The van der Waals surface area contributed by atoms with E-state index in [1.165, 1.54) is 0 Å². The maximum absolute atomic E-state index is 5.32. The minimum absolute atomic E-state index is 0.588. The van der Waals surface area contributed by atoms with Gasteiger partial charge in [-0.05, 0) is 6.42 Å². The molecular weight excluding hydrogens is 269 g/mol. The molecule has 1 unspecified atom stereocenters. The molecule has 0 aliphatic rings. The fourth-order valence-electron chi connectivity index (χ4n) is 0.651. The van der Waals surface area contributed by atoms with E-state index in [1.54, 1.807) is 0 Å². The second-order valence-corrected chi connectivity index (χ2v) is 4.71. The summed E-state index contributed by atoms with van der Waals surface area (Å²) in [4.78, 5) is 0.